The fourth-order valence-electron chi connectivity index (χ4n) is 3.21. The van der Waals surface area contributed by atoms with E-state index in [1.807, 2.05) is 13.8 Å². The zero-order valence-electron chi connectivity index (χ0n) is 14.1. The van der Waals surface area contributed by atoms with Gasteiger partial charge in [-0.25, -0.2) is 14.8 Å². The highest BCUT2D eigenvalue weighted by atomic mass is 16.2. The van der Waals surface area contributed by atoms with Gasteiger partial charge in [-0.3, -0.25) is 9.59 Å². The first kappa shape index (κ1) is 16.4. The number of carbonyl (C=O) groups excluding carboxylic acids is 3. The van der Waals surface area contributed by atoms with E-state index in [0.717, 1.165) is 0 Å². The molecule has 0 N–H and O–H groups in total. The average Bonchev–Trinajstić information content (AvgIpc) is 2.87. The summed E-state index contributed by atoms with van der Waals surface area (Å²) in [4.78, 5) is 40.9. The lowest BCUT2D eigenvalue weighted by atomic mass is 10.1. The Morgan fingerprint density at radius 2 is 1.46 bits per heavy atom. The van der Waals surface area contributed by atoms with Crippen molar-refractivity contribution >= 4 is 17.8 Å². The molecule has 2 aliphatic heterocycles. The van der Waals surface area contributed by atoms with Gasteiger partial charge in [-0.1, -0.05) is 12.1 Å². The number of carbonyl (C=O) groups is 3. The zero-order valence-corrected chi connectivity index (χ0v) is 14.1. The number of fused-ring (bicyclic) bond motifs is 1. The van der Waals surface area contributed by atoms with Gasteiger partial charge in [-0.15, -0.1) is 0 Å². The van der Waals surface area contributed by atoms with Crippen molar-refractivity contribution in [2.75, 3.05) is 39.3 Å². The number of rotatable bonds is 3. The van der Waals surface area contributed by atoms with Crippen molar-refractivity contribution in [3.8, 4) is 0 Å². The quantitative estimate of drug-likeness (QED) is 0.783. The Kier molecular flexibility index (Phi) is 4.53. The molecule has 0 aliphatic carbocycles. The number of imide groups is 1. The molecule has 0 radical (unpaired) electrons. The lowest BCUT2D eigenvalue weighted by Gasteiger charge is -2.39. The van der Waals surface area contributed by atoms with Gasteiger partial charge in [-0.2, -0.15) is 0 Å². The Bertz CT molecular complexity index is 629. The fourth-order valence-corrected chi connectivity index (χ4v) is 3.21. The summed E-state index contributed by atoms with van der Waals surface area (Å²) in [5.41, 5.74) is 0.897. The van der Waals surface area contributed by atoms with Crippen molar-refractivity contribution in [1.82, 2.24) is 19.8 Å². The summed E-state index contributed by atoms with van der Waals surface area (Å²) < 4.78 is 0. The Balaban J connectivity index is 1.67. The zero-order chi connectivity index (χ0) is 17.3. The molecule has 128 valence electrons. The molecule has 24 heavy (non-hydrogen) atoms. The number of piperazine rings is 1. The largest absolute Gasteiger partial charge is 0.325 e. The monoisotopic (exact) mass is 330 g/mol. The van der Waals surface area contributed by atoms with Crippen LogP contribution in [0.1, 0.15) is 34.6 Å². The number of amides is 4. The maximum absolute atomic E-state index is 12.5. The molecule has 0 unspecified atom stereocenters. The van der Waals surface area contributed by atoms with Crippen LogP contribution < -0.4 is 0 Å². The predicted molar refractivity (Wildman–Crippen MR) is 88.4 cm³/mol. The van der Waals surface area contributed by atoms with Gasteiger partial charge in [0.25, 0.3) is 11.8 Å². The molecule has 1 aromatic rings. The first-order valence-corrected chi connectivity index (χ1v) is 8.35. The molecule has 3 rings (SSSR count). The first-order chi connectivity index (χ1) is 11.6. The van der Waals surface area contributed by atoms with E-state index in [2.05, 4.69) is 0 Å². The molecule has 2 aliphatic rings. The standard InChI is InChI=1S/C17H22N4O3/c1-3-18(4-2)17(24)19-9-11-20(12-10-19)21-15(22)13-7-5-6-8-14(13)16(21)23/h5-8H,3-4,9-12H2,1-2H3. The van der Waals surface area contributed by atoms with Crippen LogP contribution in [-0.4, -0.2) is 76.9 Å². The maximum Gasteiger partial charge on any atom is 0.320 e. The number of hydrogen-bond acceptors (Lipinski definition) is 4. The molecule has 2 heterocycles. The van der Waals surface area contributed by atoms with Crippen LogP contribution in [0.4, 0.5) is 4.79 Å². The summed E-state index contributed by atoms with van der Waals surface area (Å²) in [6.07, 6.45) is 0. The van der Waals surface area contributed by atoms with E-state index in [0.29, 0.717) is 50.4 Å². The van der Waals surface area contributed by atoms with Crippen molar-refractivity contribution in [3.05, 3.63) is 35.4 Å². The van der Waals surface area contributed by atoms with Crippen LogP contribution in [0, 0.1) is 0 Å². The second-order valence-corrected chi connectivity index (χ2v) is 5.86. The van der Waals surface area contributed by atoms with E-state index in [1.165, 1.54) is 5.01 Å². The van der Waals surface area contributed by atoms with Gasteiger partial charge in [0.2, 0.25) is 0 Å². The Hall–Kier alpha value is -2.41. The summed E-state index contributed by atoms with van der Waals surface area (Å²) in [7, 11) is 0. The second kappa shape index (κ2) is 6.60. The van der Waals surface area contributed by atoms with Crippen molar-refractivity contribution < 1.29 is 14.4 Å². The van der Waals surface area contributed by atoms with E-state index in [-0.39, 0.29) is 17.8 Å². The molecule has 0 saturated carbocycles. The maximum atomic E-state index is 12.5. The van der Waals surface area contributed by atoms with Crippen LogP contribution in [0.5, 0.6) is 0 Å². The molecule has 0 spiro atoms. The molecular formula is C17H22N4O3. The molecule has 1 fully saturated rings. The molecule has 1 aromatic carbocycles. The minimum Gasteiger partial charge on any atom is -0.325 e. The highest BCUT2D eigenvalue weighted by molar-refractivity contribution is 6.20. The summed E-state index contributed by atoms with van der Waals surface area (Å²) >= 11 is 0. The van der Waals surface area contributed by atoms with Crippen LogP contribution in [0.25, 0.3) is 0 Å². The van der Waals surface area contributed by atoms with Crippen molar-refractivity contribution in [2.45, 2.75) is 13.8 Å². The third-order valence-corrected chi connectivity index (χ3v) is 4.62. The summed E-state index contributed by atoms with van der Waals surface area (Å²) in [5.74, 6) is -0.557. The van der Waals surface area contributed by atoms with E-state index >= 15 is 0 Å². The van der Waals surface area contributed by atoms with E-state index in [1.54, 1.807) is 39.1 Å². The van der Waals surface area contributed by atoms with E-state index in [4.69, 9.17) is 0 Å². The molecule has 0 atom stereocenters. The first-order valence-electron chi connectivity index (χ1n) is 8.35. The van der Waals surface area contributed by atoms with Gasteiger partial charge in [0, 0.05) is 39.3 Å². The SMILES string of the molecule is CCN(CC)C(=O)N1CCN(N2C(=O)c3ccccc3C2=O)CC1. The summed E-state index contributed by atoms with van der Waals surface area (Å²) in [6.45, 7) is 7.21. The third-order valence-electron chi connectivity index (χ3n) is 4.62. The average molecular weight is 330 g/mol. The number of hydrazine groups is 1. The summed E-state index contributed by atoms with van der Waals surface area (Å²) in [5, 5.41) is 2.97. The fraction of sp³-hybridized carbons (Fsp3) is 0.471. The number of urea groups is 1. The van der Waals surface area contributed by atoms with Crippen LogP contribution in [-0.2, 0) is 0 Å². The van der Waals surface area contributed by atoms with Crippen LogP contribution in [0.15, 0.2) is 24.3 Å². The van der Waals surface area contributed by atoms with Crippen LogP contribution in [0.2, 0.25) is 0 Å². The smallest absolute Gasteiger partial charge is 0.320 e. The van der Waals surface area contributed by atoms with E-state index in [9.17, 15) is 14.4 Å². The molecule has 4 amide bonds. The third kappa shape index (κ3) is 2.65. The molecular weight excluding hydrogens is 308 g/mol. The molecule has 7 heteroatoms. The number of hydrogen-bond donors (Lipinski definition) is 0. The Labute approximate surface area is 141 Å². The molecule has 0 aromatic heterocycles. The van der Waals surface area contributed by atoms with Gasteiger partial charge in [0.15, 0.2) is 0 Å². The van der Waals surface area contributed by atoms with Crippen LogP contribution in [0.3, 0.4) is 0 Å². The van der Waals surface area contributed by atoms with Gasteiger partial charge in [0.1, 0.15) is 0 Å². The van der Waals surface area contributed by atoms with Crippen molar-refractivity contribution in [2.24, 2.45) is 0 Å². The topological polar surface area (TPSA) is 64.2 Å². The Morgan fingerprint density at radius 1 is 0.958 bits per heavy atom. The lowest BCUT2D eigenvalue weighted by Crippen LogP contribution is -2.58. The summed E-state index contributed by atoms with van der Waals surface area (Å²) in [6, 6.07) is 6.88. The van der Waals surface area contributed by atoms with Gasteiger partial charge < -0.3 is 9.80 Å². The van der Waals surface area contributed by atoms with E-state index < -0.39 is 0 Å². The minimum absolute atomic E-state index is 0.0158. The number of nitrogens with zero attached hydrogens (tertiary/aromatic N) is 4. The van der Waals surface area contributed by atoms with Crippen LogP contribution >= 0.6 is 0 Å². The minimum atomic E-state index is -0.279. The van der Waals surface area contributed by atoms with Gasteiger partial charge in [0.05, 0.1) is 11.1 Å². The Morgan fingerprint density at radius 3 is 1.92 bits per heavy atom. The van der Waals surface area contributed by atoms with Gasteiger partial charge >= 0.3 is 6.03 Å². The highest BCUT2D eigenvalue weighted by Gasteiger charge is 2.40. The van der Waals surface area contributed by atoms with Crippen molar-refractivity contribution in [1.29, 1.82) is 0 Å². The normalized spacial score (nSPS) is 18.1. The van der Waals surface area contributed by atoms with Gasteiger partial charge in [-0.05, 0) is 26.0 Å². The molecule has 0 bridgehead atoms. The lowest BCUT2D eigenvalue weighted by molar-refractivity contribution is -0.0171. The molecule has 1 saturated heterocycles. The number of benzene rings is 1. The second-order valence-electron chi connectivity index (χ2n) is 5.86. The molecule has 7 nitrogen and oxygen atoms in total. The predicted octanol–water partition coefficient (Wildman–Crippen LogP) is 1.28. The highest BCUT2D eigenvalue weighted by Crippen LogP contribution is 2.24. The van der Waals surface area contributed by atoms with Crippen molar-refractivity contribution in [3.63, 3.8) is 0 Å².